The van der Waals surface area contributed by atoms with Gasteiger partial charge in [0.05, 0.1) is 11.0 Å². The summed E-state index contributed by atoms with van der Waals surface area (Å²) in [4.78, 5) is 0. The summed E-state index contributed by atoms with van der Waals surface area (Å²) in [7, 11) is -3.15. The van der Waals surface area contributed by atoms with Crippen molar-refractivity contribution in [2.24, 2.45) is 0 Å². The summed E-state index contributed by atoms with van der Waals surface area (Å²) in [6.07, 6.45) is 0. The van der Waals surface area contributed by atoms with Crippen LogP contribution in [0.4, 0.5) is 0 Å². The SMILES string of the molecule is CC1(C)c2ccccc2-c2ccc(-c3ccc4cc(-n5c6ccccc6c6c7c(ccc65)-c5ccccc5P7(=O)c5ccccc5)ccc4c3)cc21. The smallest absolute Gasteiger partial charge is 0.172 e. The van der Waals surface area contributed by atoms with Crippen molar-refractivity contribution in [1.82, 2.24) is 4.57 Å². The van der Waals surface area contributed by atoms with Crippen LogP contribution in [-0.2, 0) is 9.98 Å². The Balaban J connectivity index is 1.07. The van der Waals surface area contributed by atoms with Crippen LogP contribution in [-0.4, -0.2) is 4.57 Å². The fourth-order valence-electron chi connectivity index (χ4n) is 9.30. The third-order valence-electron chi connectivity index (χ3n) is 11.8. The molecular formula is C49H34NOP. The molecule has 1 atom stereocenters. The standard InChI is InChI=1S/C49H34NOP/c1-49(2)42-17-9-6-14-37(42)38-25-23-34(30-43(38)49)31-20-21-33-29-35(24-22-32(33)28-31)50-44-18-10-7-16-41(44)47-45(50)27-26-40-39-15-8-11-19-46(39)52(51,48(40)47)36-12-4-3-5-13-36/h3-30H,1-2H3. The highest BCUT2D eigenvalue weighted by molar-refractivity contribution is 7.86. The Labute approximate surface area is 303 Å². The Morgan fingerprint density at radius 2 is 1.15 bits per heavy atom. The van der Waals surface area contributed by atoms with E-state index in [1.54, 1.807) is 0 Å². The number of aromatic nitrogens is 1. The molecule has 0 amide bonds. The molecule has 9 aromatic rings. The summed E-state index contributed by atoms with van der Waals surface area (Å²) in [5.74, 6) is 0. The van der Waals surface area contributed by atoms with Crippen molar-refractivity contribution in [3.63, 3.8) is 0 Å². The van der Waals surface area contributed by atoms with Crippen molar-refractivity contribution in [3.05, 3.63) is 181 Å². The van der Waals surface area contributed by atoms with Crippen LogP contribution >= 0.6 is 7.14 Å². The van der Waals surface area contributed by atoms with Gasteiger partial charge >= 0.3 is 0 Å². The van der Waals surface area contributed by atoms with Crippen LogP contribution in [0.1, 0.15) is 25.0 Å². The molecule has 0 saturated heterocycles. The van der Waals surface area contributed by atoms with Crippen molar-refractivity contribution in [2.75, 3.05) is 0 Å². The third kappa shape index (κ3) is 3.88. The normalized spacial score (nSPS) is 16.6. The molecule has 0 N–H and O–H groups in total. The molecule has 2 aliphatic rings. The lowest BCUT2D eigenvalue weighted by molar-refractivity contribution is 0.593. The average molecular weight is 684 g/mol. The highest BCUT2D eigenvalue weighted by atomic mass is 31.2. The molecule has 1 unspecified atom stereocenters. The van der Waals surface area contributed by atoms with Gasteiger partial charge in [0.2, 0.25) is 0 Å². The van der Waals surface area contributed by atoms with Crippen LogP contribution in [0.25, 0.3) is 71.6 Å². The zero-order valence-electron chi connectivity index (χ0n) is 29.0. The number of hydrogen-bond donors (Lipinski definition) is 0. The summed E-state index contributed by atoms with van der Waals surface area (Å²) >= 11 is 0. The first-order chi connectivity index (χ1) is 25.4. The summed E-state index contributed by atoms with van der Waals surface area (Å²) in [5.41, 5.74) is 13.3. The Hall–Kier alpha value is -5.95. The Morgan fingerprint density at radius 1 is 0.500 bits per heavy atom. The monoisotopic (exact) mass is 683 g/mol. The van der Waals surface area contributed by atoms with E-state index in [0.717, 1.165) is 54.5 Å². The van der Waals surface area contributed by atoms with E-state index < -0.39 is 7.14 Å². The third-order valence-corrected chi connectivity index (χ3v) is 15.0. The number of hydrogen-bond acceptors (Lipinski definition) is 1. The topological polar surface area (TPSA) is 22.0 Å². The first-order valence-corrected chi connectivity index (χ1v) is 19.7. The molecule has 1 aliphatic carbocycles. The average Bonchev–Trinajstić information content (AvgIpc) is 3.76. The van der Waals surface area contributed by atoms with Gasteiger partial charge in [0.15, 0.2) is 7.14 Å². The maximum Gasteiger partial charge on any atom is 0.172 e. The molecule has 1 aromatic heterocycles. The van der Waals surface area contributed by atoms with Crippen LogP contribution < -0.4 is 15.9 Å². The fraction of sp³-hybridized carbons (Fsp3) is 0.0612. The predicted molar refractivity (Wildman–Crippen MR) is 220 cm³/mol. The highest BCUT2D eigenvalue weighted by Gasteiger charge is 2.42. The molecule has 0 spiro atoms. The molecule has 0 fully saturated rings. The number of para-hydroxylation sites is 1. The lowest BCUT2D eigenvalue weighted by atomic mass is 9.81. The lowest BCUT2D eigenvalue weighted by Gasteiger charge is -2.22. The minimum Gasteiger partial charge on any atom is -0.309 e. The Bertz CT molecular complexity index is 3020. The first kappa shape index (κ1) is 29.7. The predicted octanol–water partition coefficient (Wildman–Crippen LogP) is 11.5. The van der Waals surface area contributed by atoms with Crippen LogP contribution in [0.2, 0.25) is 0 Å². The minimum absolute atomic E-state index is 0.0340. The molecule has 2 heterocycles. The second-order valence-electron chi connectivity index (χ2n) is 14.8. The van der Waals surface area contributed by atoms with Gasteiger partial charge in [0, 0.05) is 37.8 Å². The van der Waals surface area contributed by atoms with E-state index in [1.165, 1.54) is 44.2 Å². The van der Waals surface area contributed by atoms with Crippen molar-refractivity contribution in [3.8, 4) is 39.1 Å². The number of fused-ring (bicyclic) bond motifs is 11. The zero-order valence-corrected chi connectivity index (χ0v) is 29.9. The molecule has 246 valence electrons. The number of benzene rings is 8. The van der Waals surface area contributed by atoms with Crippen molar-refractivity contribution < 1.29 is 4.57 Å². The fourth-order valence-corrected chi connectivity index (χ4v) is 12.6. The molecule has 52 heavy (non-hydrogen) atoms. The Morgan fingerprint density at radius 3 is 2.04 bits per heavy atom. The summed E-state index contributed by atoms with van der Waals surface area (Å²) < 4.78 is 18.1. The van der Waals surface area contributed by atoms with Gasteiger partial charge in [-0.05, 0) is 91.7 Å². The van der Waals surface area contributed by atoms with Gasteiger partial charge in [-0.3, -0.25) is 0 Å². The zero-order chi connectivity index (χ0) is 34.8. The van der Waals surface area contributed by atoms with E-state index in [0.29, 0.717) is 0 Å². The van der Waals surface area contributed by atoms with Gasteiger partial charge in [0.25, 0.3) is 0 Å². The molecule has 2 nitrogen and oxygen atoms in total. The number of nitrogens with zero attached hydrogens (tertiary/aromatic N) is 1. The van der Waals surface area contributed by atoms with Gasteiger partial charge in [-0.15, -0.1) is 0 Å². The molecule has 0 radical (unpaired) electrons. The molecule has 0 saturated carbocycles. The number of rotatable bonds is 3. The second-order valence-corrected chi connectivity index (χ2v) is 17.5. The van der Waals surface area contributed by atoms with E-state index in [4.69, 9.17) is 0 Å². The van der Waals surface area contributed by atoms with E-state index >= 15 is 4.57 Å². The van der Waals surface area contributed by atoms with Gasteiger partial charge in [-0.25, -0.2) is 0 Å². The summed E-state index contributed by atoms with van der Waals surface area (Å²) in [5, 5.41) is 7.35. The Kier molecular flexibility index (Phi) is 6.03. The van der Waals surface area contributed by atoms with Gasteiger partial charge in [0.1, 0.15) is 0 Å². The second kappa shape index (κ2) is 10.5. The molecule has 1 aliphatic heterocycles. The van der Waals surface area contributed by atoms with Crippen LogP contribution in [0.5, 0.6) is 0 Å². The molecule has 0 bridgehead atoms. The molecule has 8 aromatic carbocycles. The van der Waals surface area contributed by atoms with Gasteiger partial charge in [-0.2, -0.15) is 0 Å². The maximum absolute atomic E-state index is 15.7. The molecule has 11 rings (SSSR count). The lowest BCUT2D eigenvalue weighted by Crippen LogP contribution is -2.21. The van der Waals surface area contributed by atoms with E-state index in [9.17, 15) is 0 Å². The highest BCUT2D eigenvalue weighted by Crippen LogP contribution is 2.55. The van der Waals surface area contributed by atoms with E-state index in [1.807, 2.05) is 36.4 Å². The maximum atomic E-state index is 15.7. The van der Waals surface area contributed by atoms with Gasteiger partial charge < -0.3 is 9.13 Å². The van der Waals surface area contributed by atoms with Gasteiger partial charge in [-0.1, -0.05) is 147 Å². The van der Waals surface area contributed by atoms with Crippen LogP contribution in [0.15, 0.2) is 170 Å². The van der Waals surface area contributed by atoms with E-state index in [2.05, 4.69) is 152 Å². The van der Waals surface area contributed by atoms with Crippen molar-refractivity contribution in [2.45, 2.75) is 19.3 Å². The first-order valence-electron chi connectivity index (χ1n) is 18.0. The van der Waals surface area contributed by atoms with Crippen LogP contribution in [0, 0.1) is 0 Å². The summed E-state index contributed by atoms with van der Waals surface area (Å²) in [6.45, 7) is 4.68. The van der Waals surface area contributed by atoms with Crippen LogP contribution in [0.3, 0.4) is 0 Å². The largest absolute Gasteiger partial charge is 0.309 e. The molecular weight excluding hydrogens is 650 g/mol. The minimum atomic E-state index is -3.15. The quantitative estimate of drug-likeness (QED) is 0.170. The molecule has 3 heteroatoms. The van der Waals surface area contributed by atoms with Crippen molar-refractivity contribution in [1.29, 1.82) is 0 Å². The van der Waals surface area contributed by atoms with Crippen molar-refractivity contribution >= 4 is 55.6 Å². The van der Waals surface area contributed by atoms with E-state index in [-0.39, 0.29) is 5.41 Å². The summed E-state index contributed by atoms with van der Waals surface area (Å²) in [6, 6.07) is 60.8.